The fourth-order valence-electron chi connectivity index (χ4n) is 2.14. The fraction of sp³-hybridized carbons (Fsp3) is 1.00. The molecule has 1 unspecified atom stereocenters. The van der Waals surface area contributed by atoms with E-state index >= 15 is 0 Å². The Bertz CT molecular complexity index is 180. The van der Waals surface area contributed by atoms with E-state index in [-0.39, 0.29) is 0 Å². The van der Waals surface area contributed by atoms with Gasteiger partial charge in [-0.3, -0.25) is 0 Å². The van der Waals surface area contributed by atoms with E-state index in [9.17, 15) is 0 Å². The molecule has 0 aromatic heterocycles. The van der Waals surface area contributed by atoms with Gasteiger partial charge in [0.25, 0.3) is 0 Å². The molecule has 0 bridgehead atoms. The van der Waals surface area contributed by atoms with Gasteiger partial charge in [-0.2, -0.15) is 0 Å². The van der Waals surface area contributed by atoms with Gasteiger partial charge in [0.1, 0.15) is 0 Å². The molecule has 0 heterocycles. The van der Waals surface area contributed by atoms with Crippen LogP contribution in [0, 0.1) is 11.3 Å². The van der Waals surface area contributed by atoms with Crippen molar-refractivity contribution in [3.63, 3.8) is 0 Å². The van der Waals surface area contributed by atoms with E-state index in [1.165, 1.54) is 32.1 Å². The van der Waals surface area contributed by atoms with Crippen LogP contribution >= 0.6 is 0 Å². The van der Waals surface area contributed by atoms with E-state index in [2.05, 4.69) is 26.1 Å². The SMILES string of the molecule is CCCNCC(C)(CCC)COCC1CC1. The fourth-order valence-corrected chi connectivity index (χ4v) is 2.14. The lowest BCUT2D eigenvalue weighted by molar-refractivity contribution is 0.0417. The molecule has 1 N–H and O–H groups in total. The Morgan fingerprint density at radius 2 is 2.00 bits per heavy atom. The summed E-state index contributed by atoms with van der Waals surface area (Å²) in [6.45, 7) is 11.0. The molecule has 0 radical (unpaired) electrons. The van der Waals surface area contributed by atoms with Gasteiger partial charge in [-0.25, -0.2) is 0 Å². The molecule has 0 spiro atoms. The Labute approximate surface area is 101 Å². The van der Waals surface area contributed by atoms with Crippen molar-refractivity contribution in [2.45, 2.75) is 52.9 Å². The molecule has 1 rings (SSSR count). The highest BCUT2D eigenvalue weighted by atomic mass is 16.5. The van der Waals surface area contributed by atoms with Crippen molar-refractivity contribution in [2.24, 2.45) is 11.3 Å². The monoisotopic (exact) mass is 227 g/mol. The van der Waals surface area contributed by atoms with Gasteiger partial charge in [0, 0.05) is 18.6 Å². The van der Waals surface area contributed by atoms with Gasteiger partial charge in [-0.1, -0.05) is 27.2 Å². The van der Waals surface area contributed by atoms with E-state index in [0.29, 0.717) is 5.41 Å². The summed E-state index contributed by atoms with van der Waals surface area (Å²) in [6.07, 6.45) is 6.49. The van der Waals surface area contributed by atoms with Crippen molar-refractivity contribution < 1.29 is 4.74 Å². The van der Waals surface area contributed by atoms with Crippen LogP contribution in [-0.2, 0) is 4.74 Å². The van der Waals surface area contributed by atoms with Crippen LogP contribution in [0.4, 0.5) is 0 Å². The Balaban J connectivity index is 2.18. The first kappa shape index (κ1) is 14.0. The summed E-state index contributed by atoms with van der Waals surface area (Å²) in [5.74, 6) is 0.884. The number of hydrogen-bond acceptors (Lipinski definition) is 2. The highest BCUT2D eigenvalue weighted by Crippen LogP contribution is 2.30. The summed E-state index contributed by atoms with van der Waals surface area (Å²) >= 11 is 0. The molecular weight excluding hydrogens is 198 g/mol. The second-order valence-corrected chi connectivity index (χ2v) is 5.70. The molecule has 1 aliphatic carbocycles. The second-order valence-electron chi connectivity index (χ2n) is 5.70. The van der Waals surface area contributed by atoms with Crippen LogP contribution < -0.4 is 5.32 Å². The lowest BCUT2D eigenvalue weighted by Crippen LogP contribution is -2.36. The van der Waals surface area contributed by atoms with E-state index in [1.54, 1.807) is 0 Å². The largest absolute Gasteiger partial charge is 0.381 e. The number of rotatable bonds is 10. The van der Waals surface area contributed by atoms with Gasteiger partial charge in [-0.05, 0) is 38.1 Å². The number of ether oxygens (including phenoxy) is 1. The molecule has 16 heavy (non-hydrogen) atoms. The van der Waals surface area contributed by atoms with Crippen molar-refractivity contribution in [1.29, 1.82) is 0 Å². The molecule has 2 nitrogen and oxygen atoms in total. The summed E-state index contributed by atoms with van der Waals surface area (Å²) in [7, 11) is 0. The minimum Gasteiger partial charge on any atom is -0.381 e. The first-order chi connectivity index (χ1) is 7.70. The zero-order chi connectivity index (χ0) is 11.9. The van der Waals surface area contributed by atoms with Gasteiger partial charge in [-0.15, -0.1) is 0 Å². The molecule has 0 saturated heterocycles. The molecule has 1 aliphatic rings. The van der Waals surface area contributed by atoms with Gasteiger partial charge in [0.2, 0.25) is 0 Å². The lowest BCUT2D eigenvalue weighted by atomic mass is 9.86. The summed E-state index contributed by atoms with van der Waals surface area (Å²) in [5, 5.41) is 3.53. The van der Waals surface area contributed by atoms with Crippen molar-refractivity contribution in [2.75, 3.05) is 26.3 Å². The topological polar surface area (TPSA) is 21.3 Å². The Hall–Kier alpha value is -0.0800. The number of hydrogen-bond donors (Lipinski definition) is 1. The Kier molecular flexibility index (Phi) is 6.37. The molecule has 0 aromatic carbocycles. The molecule has 1 saturated carbocycles. The molecule has 1 atom stereocenters. The van der Waals surface area contributed by atoms with Crippen LogP contribution in [-0.4, -0.2) is 26.3 Å². The van der Waals surface area contributed by atoms with Crippen LogP contribution in [0.2, 0.25) is 0 Å². The zero-order valence-electron chi connectivity index (χ0n) is 11.3. The third kappa shape index (κ3) is 5.86. The van der Waals surface area contributed by atoms with E-state index in [1.807, 2.05) is 0 Å². The first-order valence-corrected chi connectivity index (χ1v) is 6.98. The number of nitrogens with one attached hydrogen (secondary N) is 1. The Morgan fingerprint density at radius 1 is 1.25 bits per heavy atom. The Morgan fingerprint density at radius 3 is 2.56 bits per heavy atom. The maximum atomic E-state index is 5.87. The highest BCUT2D eigenvalue weighted by molar-refractivity contribution is 4.78. The standard InChI is InChI=1S/C14H29NO/c1-4-8-14(3,11-15-9-5-2)12-16-10-13-6-7-13/h13,15H,4-12H2,1-3H3. The van der Waals surface area contributed by atoms with Crippen LogP contribution in [0.5, 0.6) is 0 Å². The minimum atomic E-state index is 0.332. The van der Waals surface area contributed by atoms with Crippen LogP contribution in [0.25, 0.3) is 0 Å². The minimum absolute atomic E-state index is 0.332. The van der Waals surface area contributed by atoms with Gasteiger partial charge >= 0.3 is 0 Å². The van der Waals surface area contributed by atoms with Crippen LogP contribution in [0.15, 0.2) is 0 Å². The van der Waals surface area contributed by atoms with Crippen LogP contribution in [0.3, 0.4) is 0 Å². The normalized spacial score (nSPS) is 19.7. The second kappa shape index (κ2) is 7.29. The van der Waals surface area contributed by atoms with Crippen molar-refractivity contribution in [1.82, 2.24) is 5.32 Å². The third-order valence-corrected chi connectivity index (χ3v) is 3.33. The maximum Gasteiger partial charge on any atom is 0.0532 e. The predicted octanol–water partition coefficient (Wildman–Crippen LogP) is 3.22. The molecule has 96 valence electrons. The highest BCUT2D eigenvalue weighted by Gasteiger charge is 2.26. The third-order valence-electron chi connectivity index (χ3n) is 3.33. The lowest BCUT2D eigenvalue weighted by Gasteiger charge is -2.29. The average Bonchev–Trinajstić information content (AvgIpc) is 3.02. The predicted molar refractivity (Wildman–Crippen MR) is 69.7 cm³/mol. The van der Waals surface area contributed by atoms with Crippen molar-refractivity contribution >= 4 is 0 Å². The summed E-state index contributed by atoms with van der Waals surface area (Å²) in [5.41, 5.74) is 0.332. The average molecular weight is 227 g/mol. The van der Waals surface area contributed by atoms with Gasteiger partial charge in [0.05, 0.1) is 6.61 Å². The maximum absolute atomic E-state index is 5.87. The summed E-state index contributed by atoms with van der Waals surface area (Å²) in [6, 6.07) is 0. The molecule has 2 heteroatoms. The molecule has 0 aromatic rings. The van der Waals surface area contributed by atoms with Crippen molar-refractivity contribution in [3.05, 3.63) is 0 Å². The smallest absolute Gasteiger partial charge is 0.0532 e. The zero-order valence-corrected chi connectivity index (χ0v) is 11.3. The summed E-state index contributed by atoms with van der Waals surface area (Å²) in [4.78, 5) is 0. The molecule has 0 amide bonds. The first-order valence-electron chi connectivity index (χ1n) is 6.98. The molecule has 0 aliphatic heterocycles. The van der Waals surface area contributed by atoms with Crippen molar-refractivity contribution in [3.8, 4) is 0 Å². The molecule has 1 fully saturated rings. The van der Waals surface area contributed by atoms with Crippen LogP contribution in [0.1, 0.15) is 52.9 Å². The van der Waals surface area contributed by atoms with Gasteiger partial charge < -0.3 is 10.1 Å². The van der Waals surface area contributed by atoms with E-state index in [0.717, 1.165) is 32.2 Å². The molecular formula is C14H29NO. The van der Waals surface area contributed by atoms with E-state index in [4.69, 9.17) is 4.74 Å². The van der Waals surface area contributed by atoms with E-state index < -0.39 is 0 Å². The summed E-state index contributed by atoms with van der Waals surface area (Å²) < 4.78 is 5.87. The van der Waals surface area contributed by atoms with Gasteiger partial charge in [0.15, 0.2) is 0 Å². The quantitative estimate of drug-likeness (QED) is 0.579.